The van der Waals surface area contributed by atoms with Crippen LogP contribution in [0.3, 0.4) is 0 Å². The molecular formula is C20H23BrClN3O2. The number of ether oxygens (including phenoxy) is 1. The Morgan fingerprint density at radius 1 is 1.15 bits per heavy atom. The number of carbonyl (C=O) groups is 1. The van der Waals surface area contributed by atoms with Crippen LogP contribution in [0.4, 0.5) is 11.4 Å². The predicted octanol–water partition coefficient (Wildman–Crippen LogP) is 4.26. The molecule has 1 amide bonds. The standard InChI is InChI=1S/C20H23BrClN3O2/c1-14(27-17-6-3-15(21)4-7-17)20(26)23-18-13-16(22)5-8-19(18)25-11-9-24(2)10-12-25/h3-8,13-14H,9-12H2,1-2H3,(H,23,26)/t14-/m0/s1. The van der Waals surface area contributed by atoms with E-state index in [1.165, 1.54) is 0 Å². The van der Waals surface area contributed by atoms with Gasteiger partial charge in [0.2, 0.25) is 0 Å². The summed E-state index contributed by atoms with van der Waals surface area (Å²) in [5.41, 5.74) is 1.69. The zero-order valence-electron chi connectivity index (χ0n) is 15.4. The zero-order chi connectivity index (χ0) is 19.4. The first kappa shape index (κ1) is 20.0. The predicted molar refractivity (Wildman–Crippen MR) is 114 cm³/mol. The van der Waals surface area contributed by atoms with E-state index >= 15 is 0 Å². The SMILES string of the molecule is C[C@H](Oc1ccc(Br)cc1)C(=O)Nc1cc(Cl)ccc1N1CCN(C)CC1. The molecule has 0 unspecified atom stereocenters. The molecule has 5 nitrogen and oxygen atoms in total. The summed E-state index contributed by atoms with van der Waals surface area (Å²) >= 11 is 9.56. The van der Waals surface area contributed by atoms with E-state index in [-0.39, 0.29) is 5.91 Å². The molecule has 0 aromatic heterocycles. The van der Waals surface area contributed by atoms with E-state index in [1.807, 2.05) is 36.4 Å². The van der Waals surface area contributed by atoms with Gasteiger partial charge in [0.15, 0.2) is 6.10 Å². The molecule has 27 heavy (non-hydrogen) atoms. The van der Waals surface area contributed by atoms with E-state index in [9.17, 15) is 4.79 Å². The van der Waals surface area contributed by atoms with Crippen LogP contribution in [0.1, 0.15) is 6.92 Å². The average Bonchev–Trinajstić information content (AvgIpc) is 2.64. The molecule has 0 spiro atoms. The molecule has 3 rings (SSSR count). The maximum atomic E-state index is 12.7. The van der Waals surface area contributed by atoms with E-state index in [4.69, 9.17) is 16.3 Å². The van der Waals surface area contributed by atoms with Crippen molar-refractivity contribution < 1.29 is 9.53 Å². The molecule has 0 aliphatic carbocycles. The summed E-state index contributed by atoms with van der Waals surface area (Å²) in [5.74, 6) is 0.432. The first-order chi connectivity index (χ1) is 12.9. The number of likely N-dealkylation sites (N-methyl/N-ethyl adjacent to an activating group) is 1. The Morgan fingerprint density at radius 3 is 2.48 bits per heavy atom. The third kappa shape index (κ3) is 5.37. The molecule has 1 heterocycles. The van der Waals surface area contributed by atoms with Crippen LogP contribution in [-0.2, 0) is 4.79 Å². The van der Waals surface area contributed by atoms with Gasteiger partial charge in [0.25, 0.3) is 5.91 Å². The van der Waals surface area contributed by atoms with Crippen molar-refractivity contribution in [3.63, 3.8) is 0 Å². The number of anilines is 2. The van der Waals surface area contributed by atoms with Gasteiger partial charge in [-0.15, -0.1) is 0 Å². The van der Waals surface area contributed by atoms with Crippen LogP contribution in [0.5, 0.6) is 5.75 Å². The Labute approximate surface area is 173 Å². The number of nitrogens with zero attached hydrogens (tertiary/aromatic N) is 2. The van der Waals surface area contributed by atoms with Crippen molar-refractivity contribution >= 4 is 44.8 Å². The lowest BCUT2D eigenvalue weighted by atomic mass is 10.2. The molecule has 2 aromatic carbocycles. The first-order valence-electron chi connectivity index (χ1n) is 8.88. The number of hydrogen-bond donors (Lipinski definition) is 1. The van der Waals surface area contributed by atoms with Crippen LogP contribution >= 0.6 is 27.5 Å². The summed E-state index contributed by atoms with van der Waals surface area (Å²) in [6, 6.07) is 13.0. The van der Waals surface area contributed by atoms with Gasteiger partial charge in [-0.1, -0.05) is 27.5 Å². The van der Waals surface area contributed by atoms with Crippen molar-refractivity contribution in [2.75, 3.05) is 43.4 Å². The highest BCUT2D eigenvalue weighted by molar-refractivity contribution is 9.10. The molecule has 1 aliphatic heterocycles. The van der Waals surface area contributed by atoms with Crippen LogP contribution < -0.4 is 15.0 Å². The lowest BCUT2D eigenvalue weighted by Gasteiger charge is -2.35. The van der Waals surface area contributed by atoms with Crippen molar-refractivity contribution in [1.29, 1.82) is 0 Å². The number of amides is 1. The number of nitrogens with one attached hydrogen (secondary N) is 1. The molecule has 1 aliphatic rings. The van der Waals surface area contributed by atoms with Gasteiger partial charge in [0, 0.05) is 35.7 Å². The van der Waals surface area contributed by atoms with Gasteiger partial charge in [0.05, 0.1) is 11.4 Å². The Balaban J connectivity index is 1.71. The van der Waals surface area contributed by atoms with Gasteiger partial charge in [-0.25, -0.2) is 0 Å². The Bertz CT molecular complexity index is 792. The van der Waals surface area contributed by atoms with Crippen molar-refractivity contribution in [2.24, 2.45) is 0 Å². The largest absolute Gasteiger partial charge is 0.481 e. The van der Waals surface area contributed by atoms with Gasteiger partial charge in [-0.05, 0) is 56.4 Å². The van der Waals surface area contributed by atoms with Crippen molar-refractivity contribution in [2.45, 2.75) is 13.0 Å². The summed E-state index contributed by atoms with van der Waals surface area (Å²) in [6.07, 6.45) is -0.634. The van der Waals surface area contributed by atoms with Gasteiger partial charge in [0.1, 0.15) is 5.75 Å². The number of benzene rings is 2. The van der Waals surface area contributed by atoms with Crippen molar-refractivity contribution in [3.05, 3.63) is 52.0 Å². The molecule has 0 bridgehead atoms. The van der Waals surface area contributed by atoms with Gasteiger partial charge < -0.3 is 19.9 Å². The second kappa shape index (κ2) is 8.95. The van der Waals surface area contributed by atoms with Crippen LogP contribution in [0, 0.1) is 0 Å². The van der Waals surface area contributed by atoms with Crippen molar-refractivity contribution in [1.82, 2.24) is 4.90 Å². The molecule has 0 radical (unpaired) electrons. The quantitative estimate of drug-likeness (QED) is 0.736. The highest BCUT2D eigenvalue weighted by atomic mass is 79.9. The minimum atomic E-state index is -0.634. The van der Waals surface area contributed by atoms with E-state index in [2.05, 4.69) is 38.1 Å². The van der Waals surface area contributed by atoms with Crippen molar-refractivity contribution in [3.8, 4) is 5.75 Å². The molecule has 7 heteroatoms. The van der Waals surface area contributed by atoms with E-state index < -0.39 is 6.10 Å². The van der Waals surface area contributed by atoms with Crippen LogP contribution in [0.2, 0.25) is 5.02 Å². The normalized spacial score (nSPS) is 16.1. The second-order valence-electron chi connectivity index (χ2n) is 6.66. The van der Waals surface area contributed by atoms with Gasteiger partial charge >= 0.3 is 0 Å². The summed E-state index contributed by atoms with van der Waals surface area (Å²) in [4.78, 5) is 17.2. The fourth-order valence-electron chi connectivity index (χ4n) is 2.94. The monoisotopic (exact) mass is 451 g/mol. The van der Waals surface area contributed by atoms with Gasteiger partial charge in [-0.2, -0.15) is 0 Å². The third-order valence-corrected chi connectivity index (χ3v) is 5.32. The number of rotatable bonds is 5. The molecule has 144 valence electrons. The lowest BCUT2D eigenvalue weighted by Crippen LogP contribution is -2.44. The molecule has 1 fully saturated rings. The number of carbonyl (C=O) groups excluding carboxylic acids is 1. The summed E-state index contributed by atoms with van der Waals surface area (Å²) in [5, 5.41) is 3.57. The molecule has 2 aromatic rings. The average molecular weight is 453 g/mol. The lowest BCUT2D eigenvalue weighted by molar-refractivity contribution is -0.122. The highest BCUT2D eigenvalue weighted by Gasteiger charge is 2.21. The second-order valence-corrected chi connectivity index (χ2v) is 8.01. The minimum Gasteiger partial charge on any atom is -0.481 e. The minimum absolute atomic E-state index is 0.212. The summed E-state index contributed by atoms with van der Waals surface area (Å²) in [7, 11) is 2.11. The summed E-state index contributed by atoms with van der Waals surface area (Å²) < 4.78 is 6.71. The smallest absolute Gasteiger partial charge is 0.265 e. The van der Waals surface area contributed by atoms with E-state index in [1.54, 1.807) is 13.0 Å². The van der Waals surface area contributed by atoms with Crippen LogP contribution in [0.25, 0.3) is 0 Å². The Hall–Kier alpha value is -1.76. The number of halogens is 2. The fraction of sp³-hybridized carbons (Fsp3) is 0.350. The molecule has 1 saturated heterocycles. The Kier molecular flexibility index (Phi) is 6.63. The molecule has 0 saturated carbocycles. The number of piperazine rings is 1. The van der Waals surface area contributed by atoms with Crippen LogP contribution in [0.15, 0.2) is 46.9 Å². The maximum absolute atomic E-state index is 12.7. The highest BCUT2D eigenvalue weighted by Crippen LogP contribution is 2.30. The summed E-state index contributed by atoms with van der Waals surface area (Å²) in [6.45, 7) is 5.52. The Morgan fingerprint density at radius 2 is 1.81 bits per heavy atom. The third-order valence-electron chi connectivity index (χ3n) is 4.56. The van der Waals surface area contributed by atoms with E-state index in [0.29, 0.717) is 16.5 Å². The maximum Gasteiger partial charge on any atom is 0.265 e. The fourth-order valence-corrected chi connectivity index (χ4v) is 3.37. The molecular weight excluding hydrogens is 430 g/mol. The zero-order valence-corrected chi connectivity index (χ0v) is 17.8. The molecule has 1 atom stereocenters. The van der Waals surface area contributed by atoms with Crippen LogP contribution in [-0.4, -0.2) is 50.1 Å². The first-order valence-corrected chi connectivity index (χ1v) is 10.1. The topological polar surface area (TPSA) is 44.8 Å². The van der Waals surface area contributed by atoms with Gasteiger partial charge in [-0.3, -0.25) is 4.79 Å². The van der Waals surface area contributed by atoms with E-state index in [0.717, 1.165) is 36.3 Å². The molecule has 1 N–H and O–H groups in total. The number of hydrogen-bond acceptors (Lipinski definition) is 4.